The van der Waals surface area contributed by atoms with Crippen LogP contribution in [0.2, 0.25) is 0 Å². The lowest BCUT2D eigenvalue weighted by atomic mass is 9.91. The SMILES string of the molecule is Brc1ccsc1CN1CC(c2ccccc2)C1. The maximum Gasteiger partial charge on any atom is 0.0339 e. The number of likely N-dealkylation sites (tertiary alicyclic amines) is 1. The summed E-state index contributed by atoms with van der Waals surface area (Å²) in [5, 5.41) is 2.15. The molecule has 0 radical (unpaired) electrons. The van der Waals surface area contributed by atoms with Crippen LogP contribution in [0.4, 0.5) is 0 Å². The van der Waals surface area contributed by atoms with Gasteiger partial charge in [0.1, 0.15) is 0 Å². The number of halogens is 1. The Balaban J connectivity index is 1.57. The highest BCUT2D eigenvalue weighted by atomic mass is 79.9. The van der Waals surface area contributed by atoms with Gasteiger partial charge in [-0.05, 0) is 32.9 Å². The molecule has 0 unspecified atom stereocenters. The van der Waals surface area contributed by atoms with Gasteiger partial charge in [-0.2, -0.15) is 0 Å². The lowest BCUT2D eigenvalue weighted by molar-refractivity contribution is 0.141. The van der Waals surface area contributed by atoms with Gasteiger partial charge in [-0.25, -0.2) is 0 Å². The van der Waals surface area contributed by atoms with Crippen LogP contribution in [0.1, 0.15) is 16.4 Å². The molecule has 0 N–H and O–H groups in total. The largest absolute Gasteiger partial charge is 0.297 e. The van der Waals surface area contributed by atoms with E-state index in [0.717, 1.165) is 12.5 Å². The van der Waals surface area contributed by atoms with Gasteiger partial charge in [0.15, 0.2) is 0 Å². The van der Waals surface area contributed by atoms with E-state index in [9.17, 15) is 0 Å². The monoisotopic (exact) mass is 307 g/mol. The molecule has 1 nitrogen and oxygen atoms in total. The third-order valence-corrected chi connectivity index (χ3v) is 5.20. The lowest BCUT2D eigenvalue weighted by Gasteiger charge is -2.39. The zero-order chi connectivity index (χ0) is 11.7. The van der Waals surface area contributed by atoms with Gasteiger partial charge < -0.3 is 0 Å². The number of thiophene rings is 1. The van der Waals surface area contributed by atoms with Crippen LogP contribution in [-0.4, -0.2) is 18.0 Å². The number of hydrogen-bond acceptors (Lipinski definition) is 2. The van der Waals surface area contributed by atoms with Crippen molar-refractivity contribution in [2.45, 2.75) is 12.5 Å². The second-order valence-electron chi connectivity index (χ2n) is 4.49. The highest BCUT2D eigenvalue weighted by Gasteiger charge is 2.28. The number of nitrogens with zero attached hydrogens (tertiary/aromatic N) is 1. The molecule has 1 saturated heterocycles. The average molecular weight is 308 g/mol. The zero-order valence-electron chi connectivity index (χ0n) is 9.47. The van der Waals surface area contributed by atoms with Gasteiger partial charge in [-0.15, -0.1) is 11.3 Å². The molecule has 1 aromatic heterocycles. The van der Waals surface area contributed by atoms with E-state index in [0.29, 0.717) is 0 Å². The van der Waals surface area contributed by atoms with Gasteiger partial charge in [0.05, 0.1) is 0 Å². The molecule has 0 atom stereocenters. The van der Waals surface area contributed by atoms with E-state index < -0.39 is 0 Å². The summed E-state index contributed by atoms with van der Waals surface area (Å²) in [4.78, 5) is 3.95. The summed E-state index contributed by atoms with van der Waals surface area (Å²) in [7, 11) is 0. The molecular formula is C14H14BrNS. The molecule has 1 fully saturated rings. The minimum atomic E-state index is 0.731. The van der Waals surface area contributed by atoms with Gasteiger partial charge in [0.2, 0.25) is 0 Å². The Morgan fingerprint density at radius 2 is 1.94 bits per heavy atom. The molecule has 0 spiro atoms. The van der Waals surface area contributed by atoms with E-state index in [4.69, 9.17) is 0 Å². The fraction of sp³-hybridized carbons (Fsp3) is 0.286. The van der Waals surface area contributed by atoms with E-state index >= 15 is 0 Å². The summed E-state index contributed by atoms with van der Waals surface area (Å²) in [5.74, 6) is 0.731. The normalized spacial score (nSPS) is 17.0. The van der Waals surface area contributed by atoms with Gasteiger partial charge in [0.25, 0.3) is 0 Å². The quantitative estimate of drug-likeness (QED) is 0.825. The smallest absolute Gasteiger partial charge is 0.0339 e. The van der Waals surface area contributed by atoms with Crippen molar-refractivity contribution in [2.75, 3.05) is 13.1 Å². The van der Waals surface area contributed by atoms with Crippen molar-refractivity contribution in [1.29, 1.82) is 0 Å². The molecule has 0 aliphatic carbocycles. The zero-order valence-corrected chi connectivity index (χ0v) is 11.9. The Morgan fingerprint density at radius 3 is 2.59 bits per heavy atom. The predicted octanol–water partition coefficient (Wildman–Crippen LogP) is 4.11. The first-order chi connectivity index (χ1) is 8.33. The van der Waals surface area contributed by atoms with Crippen molar-refractivity contribution in [3.05, 3.63) is 56.7 Å². The first-order valence-electron chi connectivity index (χ1n) is 5.82. The maximum absolute atomic E-state index is 3.59. The van der Waals surface area contributed by atoms with Crippen molar-refractivity contribution < 1.29 is 0 Å². The van der Waals surface area contributed by atoms with Crippen LogP contribution in [-0.2, 0) is 6.54 Å². The summed E-state index contributed by atoms with van der Waals surface area (Å²) in [5.41, 5.74) is 1.48. The van der Waals surface area contributed by atoms with E-state index in [1.165, 1.54) is 28.0 Å². The molecular weight excluding hydrogens is 294 g/mol. The van der Waals surface area contributed by atoms with Crippen molar-refractivity contribution >= 4 is 27.3 Å². The molecule has 0 saturated carbocycles. The van der Waals surface area contributed by atoms with E-state index in [-0.39, 0.29) is 0 Å². The molecule has 1 aromatic carbocycles. The van der Waals surface area contributed by atoms with Gasteiger partial charge in [0, 0.05) is 34.9 Å². The first kappa shape index (κ1) is 11.5. The molecule has 17 heavy (non-hydrogen) atoms. The van der Waals surface area contributed by atoms with Crippen LogP contribution in [0.3, 0.4) is 0 Å². The third-order valence-electron chi connectivity index (χ3n) is 3.29. The molecule has 3 heteroatoms. The molecule has 0 bridgehead atoms. The summed E-state index contributed by atoms with van der Waals surface area (Å²) >= 11 is 5.43. The highest BCUT2D eigenvalue weighted by Crippen LogP contribution is 2.31. The third kappa shape index (κ3) is 2.46. The predicted molar refractivity (Wildman–Crippen MR) is 76.5 cm³/mol. The van der Waals surface area contributed by atoms with Crippen LogP contribution in [0.25, 0.3) is 0 Å². The van der Waals surface area contributed by atoms with Crippen molar-refractivity contribution in [3.8, 4) is 0 Å². The van der Waals surface area contributed by atoms with Gasteiger partial charge in [-0.3, -0.25) is 4.90 Å². The molecule has 3 rings (SSSR count). The average Bonchev–Trinajstić information content (AvgIpc) is 2.70. The number of benzene rings is 1. The van der Waals surface area contributed by atoms with Crippen LogP contribution in [0.15, 0.2) is 46.3 Å². The van der Waals surface area contributed by atoms with Crippen LogP contribution in [0, 0.1) is 0 Å². The maximum atomic E-state index is 3.59. The second kappa shape index (κ2) is 4.92. The summed E-state index contributed by atoms with van der Waals surface area (Å²) < 4.78 is 1.26. The molecule has 2 heterocycles. The molecule has 0 amide bonds. The van der Waals surface area contributed by atoms with E-state index in [2.05, 4.69) is 62.6 Å². The van der Waals surface area contributed by atoms with Crippen molar-refractivity contribution in [2.24, 2.45) is 0 Å². The minimum absolute atomic E-state index is 0.731. The standard InChI is InChI=1S/C14H14BrNS/c15-13-6-7-17-14(13)10-16-8-12(9-16)11-4-2-1-3-5-11/h1-7,12H,8-10H2. The Bertz CT molecular complexity index is 488. The van der Waals surface area contributed by atoms with Crippen LogP contribution >= 0.6 is 27.3 Å². The Hall–Kier alpha value is -0.640. The number of rotatable bonds is 3. The summed E-state index contributed by atoms with van der Waals surface area (Å²) in [6, 6.07) is 13.0. The van der Waals surface area contributed by atoms with Gasteiger partial charge >= 0.3 is 0 Å². The second-order valence-corrected chi connectivity index (χ2v) is 6.35. The fourth-order valence-electron chi connectivity index (χ4n) is 2.28. The lowest BCUT2D eigenvalue weighted by Crippen LogP contribution is -2.44. The molecule has 1 aliphatic heterocycles. The summed E-state index contributed by atoms with van der Waals surface area (Å²) in [6.07, 6.45) is 0. The Kier molecular flexibility index (Phi) is 3.32. The summed E-state index contributed by atoms with van der Waals surface area (Å²) in [6.45, 7) is 3.46. The number of hydrogen-bond donors (Lipinski definition) is 0. The van der Waals surface area contributed by atoms with Crippen molar-refractivity contribution in [1.82, 2.24) is 4.90 Å². The first-order valence-corrected chi connectivity index (χ1v) is 7.49. The molecule has 2 aromatic rings. The molecule has 1 aliphatic rings. The topological polar surface area (TPSA) is 3.24 Å². The molecule has 88 valence electrons. The Labute approximate surface area is 114 Å². The van der Waals surface area contributed by atoms with Crippen LogP contribution in [0.5, 0.6) is 0 Å². The van der Waals surface area contributed by atoms with E-state index in [1.54, 1.807) is 0 Å². The Morgan fingerprint density at radius 1 is 1.18 bits per heavy atom. The minimum Gasteiger partial charge on any atom is -0.297 e. The highest BCUT2D eigenvalue weighted by molar-refractivity contribution is 9.10. The van der Waals surface area contributed by atoms with Crippen molar-refractivity contribution in [3.63, 3.8) is 0 Å². The van der Waals surface area contributed by atoms with Gasteiger partial charge in [-0.1, -0.05) is 30.3 Å². The van der Waals surface area contributed by atoms with Crippen LogP contribution < -0.4 is 0 Å². The fourth-order valence-corrected chi connectivity index (χ4v) is 3.80. The van der Waals surface area contributed by atoms with E-state index in [1.807, 2.05) is 11.3 Å².